The van der Waals surface area contributed by atoms with E-state index < -0.39 is 0 Å². The zero-order valence-electron chi connectivity index (χ0n) is 11.1. The summed E-state index contributed by atoms with van der Waals surface area (Å²) in [5, 5.41) is 15.3. The molecule has 2 aromatic rings. The molecular formula is C14H15N3O2S. The lowest BCUT2D eigenvalue weighted by molar-refractivity contribution is -0.383. The molecule has 6 heteroatoms. The summed E-state index contributed by atoms with van der Waals surface area (Å²) in [5.74, 6) is 0. The number of anilines is 1. The Kier molecular flexibility index (Phi) is 3.25. The first kappa shape index (κ1) is 13.2. The monoisotopic (exact) mass is 289 g/mol. The zero-order chi connectivity index (χ0) is 14.2. The molecule has 1 saturated carbocycles. The van der Waals surface area contributed by atoms with Crippen molar-refractivity contribution in [2.24, 2.45) is 0 Å². The highest BCUT2D eigenvalue weighted by atomic mass is 32.2. The van der Waals surface area contributed by atoms with Gasteiger partial charge < -0.3 is 5.32 Å². The number of benzene rings is 1. The van der Waals surface area contributed by atoms with Gasteiger partial charge in [0.05, 0.1) is 4.92 Å². The van der Waals surface area contributed by atoms with Crippen LogP contribution in [0.3, 0.4) is 0 Å². The van der Waals surface area contributed by atoms with Gasteiger partial charge >= 0.3 is 0 Å². The summed E-state index contributed by atoms with van der Waals surface area (Å²) >= 11 is 1.88. The average molecular weight is 289 g/mol. The van der Waals surface area contributed by atoms with Crippen molar-refractivity contribution >= 4 is 34.0 Å². The number of nitrogens with one attached hydrogen (secondary N) is 1. The van der Waals surface area contributed by atoms with E-state index in [4.69, 9.17) is 0 Å². The highest BCUT2D eigenvalue weighted by Crippen LogP contribution is 2.47. The average Bonchev–Trinajstić information content (AvgIpc) is 3.25. The first-order valence-corrected chi connectivity index (χ1v) is 7.69. The van der Waals surface area contributed by atoms with Crippen molar-refractivity contribution in [2.45, 2.75) is 17.6 Å². The standard InChI is InChI=1S/C14H15N3O2S/c1-20-14(6-7-14)9-16-11-5-8-15-13-10(11)3-2-4-12(13)17(18)19/h2-5,8H,6-7,9H2,1H3,(H,15,16). The van der Waals surface area contributed by atoms with Crippen LogP contribution in [0.2, 0.25) is 0 Å². The minimum Gasteiger partial charge on any atom is -0.383 e. The zero-order valence-corrected chi connectivity index (χ0v) is 11.9. The van der Waals surface area contributed by atoms with E-state index in [1.807, 2.05) is 23.9 Å². The van der Waals surface area contributed by atoms with E-state index in [1.54, 1.807) is 12.3 Å². The summed E-state index contributed by atoms with van der Waals surface area (Å²) in [6.07, 6.45) is 6.20. The van der Waals surface area contributed by atoms with Crippen LogP contribution in [0.4, 0.5) is 11.4 Å². The maximum Gasteiger partial charge on any atom is 0.295 e. The minimum absolute atomic E-state index is 0.0529. The van der Waals surface area contributed by atoms with Crippen LogP contribution in [0.25, 0.3) is 10.9 Å². The number of thioether (sulfide) groups is 1. The maximum absolute atomic E-state index is 11.0. The molecule has 0 aliphatic heterocycles. The molecule has 3 rings (SSSR count). The lowest BCUT2D eigenvalue weighted by atomic mass is 10.1. The van der Waals surface area contributed by atoms with Crippen LogP contribution in [0, 0.1) is 10.1 Å². The lowest BCUT2D eigenvalue weighted by Crippen LogP contribution is -2.17. The molecule has 1 aromatic carbocycles. The van der Waals surface area contributed by atoms with Crippen LogP contribution in [0.1, 0.15) is 12.8 Å². The Hall–Kier alpha value is -1.82. The van der Waals surface area contributed by atoms with Crippen molar-refractivity contribution in [3.63, 3.8) is 0 Å². The molecule has 1 heterocycles. The van der Waals surface area contributed by atoms with Gasteiger partial charge in [-0.2, -0.15) is 11.8 Å². The van der Waals surface area contributed by atoms with E-state index in [0.29, 0.717) is 10.3 Å². The molecule has 0 atom stereocenters. The van der Waals surface area contributed by atoms with Gasteiger partial charge in [0.25, 0.3) is 5.69 Å². The SMILES string of the molecule is CSC1(CNc2ccnc3c([N+](=O)[O-])cccc23)CC1. The molecule has 0 unspecified atom stereocenters. The number of nitrogens with zero attached hydrogens (tertiary/aromatic N) is 2. The first-order valence-electron chi connectivity index (χ1n) is 6.46. The smallest absolute Gasteiger partial charge is 0.295 e. The van der Waals surface area contributed by atoms with Gasteiger partial charge in [-0.1, -0.05) is 12.1 Å². The second kappa shape index (κ2) is 4.94. The summed E-state index contributed by atoms with van der Waals surface area (Å²) < 4.78 is 0.344. The highest BCUT2D eigenvalue weighted by Gasteiger charge is 2.41. The van der Waals surface area contributed by atoms with Crippen molar-refractivity contribution in [1.29, 1.82) is 0 Å². The summed E-state index contributed by atoms with van der Waals surface area (Å²) in [5.41, 5.74) is 1.41. The van der Waals surface area contributed by atoms with Crippen LogP contribution in [0.15, 0.2) is 30.5 Å². The predicted octanol–water partition coefficient (Wildman–Crippen LogP) is 3.45. The van der Waals surface area contributed by atoms with Crippen LogP contribution in [-0.4, -0.2) is 27.5 Å². The second-order valence-corrected chi connectivity index (χ2v) is 6.30. The van der Waals surface area contributed by atoms with E-state index in [-0.39, 0.29) is 10.6 Å². The molecule has 1 aliphatic rings. The first-order chi connectivity index (χ1) is 9.65. The number of aromatic nitrogens is 1. The van der Waals surface area contributed by atoms with Gasteiger partial charge in [-0.3, -0.25) is 10.1 Å². The van der Waals surface area contributed by atoms with Gasteiger partial charge in [0.1, 0.15) is 5.52 Å². The molecule has 1 N–H and O–H groups in total. The summed E-state index contributed by atoms with van der Waals surface area (Å²) in [6.45, 7) is 0.885. The predicted molar refractivity (Wildman–Crippen MR) is 82.4 cm³/mol. The summed E-state index contributed by atoms with van der Waals surface area (Å²) in [7, 11) is 0. The van der Waals surface area contributed by atoms with E-state index in [2.05, 4.69) is 16.6 Å². The number of non-ortho nitro benzene ring substituents is 1. The van der Waals surface area contributed by atoms with E-state index in [1.165, 1.54) is 18.9 Å². The van der Waals surface area contributed by atoms with E-state index in [0.717, 1.165) is 17.6 Å². The Bertz CT molecular complexity index is 671. The maximum atomic E-state index is 11.0. The minimum atomic E-state index is -0.386. The van der Waals surface area contributed by atoms with Crippen molar-refractivity contribution in [3.05, 3.63) is 40.6 Å². The van der Waals surface area contributed by atoms with Gasteiger partial charge in [0.2, 0.25) is 0 Å². The molecule has 0 amide bonds. The number of nitro groups is 1. The van der Waals surface area contributed by atoms with Gasteiger partial charge in [0.15, 0.2) is 0 Å². The fourth-order valence-corrected chi connectivity index (χ4v) is 3.04. The Morgan fingerprint density at radius 2 is 2.25 bits per heavy atom. The van der Waals surface area contributed by atoms with Crippen molar-refractivity contribution in [2.75, 3.05) is 18.1 Å². The molecule has 0 radical (unpaired) electrons. The highest BCUT2D eigenvalue weighted by molar-refractivity contribution is 8.00. The van der Waals surface area contributed by atoms with Crippen LogP contribution in [-0.2, 0) is 0 Å². The molecule has 1 aromatic heterocycles. The number of hydrogen-bond acceptors (Lipinski definition) is 5. The Morgan fingerprint density at radius 3 is 2.90 bits per heavy atom. The van der Waals surface area contributed by atoms with E-state index in [9.17, 15) is 10.1 Å². The molecule has 104 valence electrons. The largest absolute Gasteiger partial charge is 0.383 e. The van der Waals surface area contributed by atoms with Gasteiger partial charge in [-0.05, 0) is 25.2 Å². The van der Waals surface area contributed by atoms with Gasteiger partial charge in [-0.25, -0.2) is 4.98 Å². The number of hydrogen-bond donors (Lipinski definition) is 1. The van der Waals surface area contributed by atoms with Crippen LogP contribution >= 0.6 is 11.8 Å². The molecule has 0 spiro atoms. The third kappa shape index (κ3) is 2.31. The molecule has 0 bridgehead atoms. The Labute approximate surface area is 120 Å². The van der Waals surface area contributed by atoms with Crippen molar-refractivity contribution < 1.29 is 4.92 Å². The summed E-state index contributed by atoms with van der Waals surface area (Å²) in [6, 6.07) is 6.94. The molecule has 5 nitrogen and oxygen atoms in total. The van der Waals surface area contributed by atoms with Crippen LogP contribution < -0.4 is 5.32 Å². The van der Waals surface area contributed by atoms with E-state index >= 15 is 0 Å². The number of nitro benzene ring substituents is 1. The molecule has 1 aliphatic carbocycles. The molecule has 1 fully saturated rings. The van der Waals surface area contributed by atoms with Gasteiger partial charge in [0, 0.05) is 34.6 Å². The number of pyridine rings is 1. The van der Waals surface area contributed by atoms with Crippen molar-refractivity contribution in [1.82, 2.24) is 4.98 Å². The lowest BCUT2D eigenvalue weighted by Gasteiger charge is -2.15. The third-order valence-electron chi connectivity index (χ3n) is 3.79. The Morgan fingerprint density at radius 1 is 1.45 bits per heavy atom. The molecular weight excluding hydrogens is 274 g/mol. The number of fused-ring (bicyclic) bond motifs is 1. The Balaban J connectivity index is 1.95. The van der Waals surface area contributed by atoms with Gasteiger partial charge in [-0.15, -0.1) is 0 Å². The fourth-order valence-electron chi connectivity index (χ4n) is 2.31. The number of para-hydroxylation sites is 1. The quantitative estimate of drug-likeness (QED) is 0.674. The topological polar surface area (TPSA) is 68.1 Å². The summed E-state index contributed by atoms with van der Waals surface area (Å²) in [4.78, 5) is 14.8. The molecule has 20 heavy (non-hydrogen) atoms. The second-order valence-electron chi connectivity index (χ2n) is 5.03. The fraction of sp³-hybridized carbons (Fsp3) is 0.357. The normalized spacial score (nSPS) is 16.1. The number of rotatable bonds is 5. The third-order valence-corrected chi connectivity index (χ3v) is 5.21. The molecule has 0 saturated heterocycles. The van der Waals surface area contributed by atoms with Crippen LogP contribution in [0.5, 0.6) is 0 Å². The van der Waals surface area contributed by atoms with Crippen molar-refractivity contribution in [3.8, 4) is 0 Å².